The van der Waals surface area contributed by atoms with E-state index in [1.807, 2.05) is 19.9 Å². The molecular formula is C15H13N3S. The van der Waals surface area contributed by atoms with E-state index >= 15 is 0 Å². The highest BCUT2D eigenvalue weighted by atomic mass is 32.1. The largest absolute Gasteiger partial charge is 0.343 e. The van der Waals surface area contributed by atoms with Crippen molar-refractivity contribution < 1.29 is 0 Å². The maximum Gasteiger partial charge on any atom is 0.133 e. The van der Waals surface area contributed by atoms with Crippen LogP contribution in [-0.4, -0.2) is 15.0 Å². The van der Waals surface area contributed by atoms with Crippen molar-refractivity contribution in [2.75, 3.05) is 0 Å². The molecule has 0 fully saturated rings. The number of aromatic nitrogens is 3. The number of H-pyrrole nitrogens is 1. The minimum absolute atomic E-state index is 0.646. The van der Waals surface area contributed by atoms with Gasteiger partial charge in [-0.05, 0) is 26.0 Å². The Morgan fingerprint density at radius 3 is 2.84 bits per heavy atom. The van der Waals surface area contributed by atoms with Crippen molar-refractivity contribution in [2.24, 2.45) is 0 Å². The Kier molecular flexibility index (Phi) is 2.87. The van der Waals surface area contributed by atoms with Gasteiger partial charge in [0.05, 0.1) is 11.2 Å². The van der Waals surface area contributed by atoms with Gasteiger partial charge in [-0.1, -0.05) is 30.4 Å². The van der Waals surface area contributed by atoms with E-state index < -0.39 is 0 Å². The molecule has 19 heavy (non-hydrogen) atoms. The van der Waals surface area contributed by atoms with Crippen LogP contribution in [0.4, 0.5) is 0 Å². The first kappa shape index (κ1) is 12.0. The number of nitrogens with one attached hydrogen (secondary N) is 1. The van der Waals surface area contributed by atoms with Gasteiger partial charge in [-0.25, -0.2) is 4.98 Å². The van der Waals surface area contributed by atoms with Crippen LogP contribution < -0.4 is 0 Å². The molecule has 0 bridgehead atoms. The second-order valence-corrected chi connectivity index (χ2v) is 4.92. The summed E-state index contributed by atoms with van der Waals surface area (Å²) in [5.41, 5.74) is 4.08. The normalized spacial score (nSPS) is 10.8. The lowest BCUT2D eigenvalue weighted by Gasteiger charge is -2.08. The Morgan fingerprint density at radius 1 is 1.16 bits per heavy atom. The van der Waals surface area contributed by atoms with Crippen LogP contribution in [0.1, 0.15) is 11.4 Å². The molecule has 2 aromatic heterocycles. The fourth-order valence-corrected chi connectivity index (χ4v) is 2.40. The first-order valence-electron chi connectivity index (χ1n) is 6.08. The van der Waals surface area contributed by atoms with Crippen LogP contribution >= 0.6 is 12.2 Å². The maximum atomic E-state index is 5.28. The third-order valence-corrected chi connectivity index (χ3v) is 3.56. The number of aryl methyl sites for hydroxylation is 1. The first-order valence-corrected chi connectivity index (χ1v) is 6.48. The number of hydrogen-bond donors (Lipinski definition) is 1. The van der Waals surface area contributed by atoms with Crippen LogP contribution in [0.5, 0.6) is 0 Å². The topological polar surface area (TPSA) is 41.6 Å². The Morgan fingerprint density at radius 2 is 2.00 bits per heavy atom. The fraction of sp³-hybridized carbons (Fsp3) is 0.133. The van der Waals surface area contributed by atoms with Gasteiger partial charge in [-0.2, -0.15) is 0 Å². The highest BCUT2D eigenvalue weighted by Crippen LogP contribution is 2.24. The van der Waals surface area contributed by atoms with Gasteiger partial charge in [0.25, 0.3) is 0 Å². The monoisotopic (exact) mass is 267 g/mol. The lowest BCUT2D eigenvalue weighted by atomic mass is 10.1. The Hall–Kier alpha value is -2.07. The van der Waals surface area contributed by atoms with E-state index in [0.29, 0.717) is 4.64 Å². The molecule has 0 saturated heterocycles. The van der Waals surface area contributed by atoms with Crippen molar-refractivity contribution >= 4 is 23.1 Å². The minimum Gasteiger partial charge on any atom is -0.343 e. The Labute approximate surface area is 116 Å². The molecule has 0 aliphatic carbocycles. The zero-order chi connectivity index (χ0) is 13.4. The third-order valence-electron chi connectivity index (χ3n) is 3.17. The summed E-state index contributed by atoms with van der Waals surface area (Å²) in [7, 11) is 0. The van der Waals surface area contributed by atoms with Crippen molar-refractivity contribution in [3.8, 4) is 11.3 Å². The Balaban J connectivity index is 2.27. The number of fused-ring (bicyclic) bond motifs is 1. The number of benzene rings is 1. The second-order valence-electron chi connectivity index (χ2n) is 4.54. The maximum absolute atomic E-state index is 5.28. The third kappa shape index (κ3) is 2.15. The van der Waals surface area contributed by atoms with E-state index in [0.717, 1.165) is 33.5 Å². The Bertz CT molecular complexity index is 821. The van der Waals surface area contributed by atoms with Crippen molar-refractivity contribution in [2.45, 2.75) is 13.8 Å². The van der Waals surface area contributed by atoms with E-state index in [2.05, 4.69) is 39.2 Å². The molecular weight excluding hydrogens is 254 g/mol. The van der Waals surface area contributed by atoms with Gasteiger partial charge in [0.15, 0.2) is 0 Å². The number of rotatable bonds is 1. The second kappa shape index (κ2) is 4.55. The summed E-state index contributed by atoms with van der Waals surface area (Å²) in [5.74, 6) is 0.826. The van der Waals surface area contributed by atoms with Gasteiger partial charge in [0.2, 0.25) is 0 Å². The van der Waals surface area contributed by atoms with Gasteiger partial charge >= 0.3 is 0 Å². The molecule has 4 heteroatoms. The van der Waals surface area contributed by atoms with Crippen molar-refractivity contribution in [1.82, 2.24) is 15.0 Å². The van der Waals surface area contributed by atoms with Gasteiger partial charge in [-0.3, -0.25) is 4.98 Å². The highest BCUT2D eigenvalue weighted by molar-refractivity contribution is 7.71. The molecule has 0 amide bonds. The SMILES string of the molecule is Cc1nc(=S)c(C)c(-c2ccc3cccnc3c2)[nH]1. The highest BCUT2D eigenvalue weighted by Gasteiger charge is 2.06. The van der Waals surface area contributed by atoms with E-state index in [-0.39, 0.29) is 0 Å². The summed E-state index contributed by atoms with van der Waals surface area (Å²) in [6.45, 7) is 3.90. The smallest absolute Gasteiger partial charge is 0.133 e. The van der Waals surface area contributed by atoms with E-state index in [1.165, 1.54) is 0 Å². The van der Waals surface area contributed by atoms with Gasteiger partial charge in [0.1, 0.15) is 10.5 Å². The molecule has 0 unspecified atom stereocenters. The number of aromatic amines is 1. The standard InChI is InChI=1S/C15H13N3S/c1-9-14(17-10(2)18-15(9)19)12-6-5-11-4-3-7-16-13(11)8-12/h3-8H,1-2H3,(H,17,18,19). The molecule has 3 rings (SSSR count). The predicted octanol–water partition coefficient (Wildman–Crippen LogP) is 3.97. The molecule has 0 aliphatic heterocycles. The molecule has 1 N–H and O–H groups in total. The lowest BCUT2D eigenvalue weighted by Crippen LogP contribution is -1.96. The van der Waals surface area contributed by atoms with E-state index in [4.69, 9.17) is 12.2 Å². The number of hydrogen-bond acceptors (Lipinski definition) is 3. The summed E-state index contributed by atoms with van der Waals surface area (Å²) in [6.07, 6.45) is 1.80. The molecule has 0 spiro atoms. The van der Waals surface area contributed by atoms with Gasteiger partial charge in [0, 0.05) is 22.7 Å². The van der Waals surface area contributed by atoms with E-state index in [1.54, 1.807) is 6.20 Å². The fourth-order valence-electron chi connectivity index (χ4n) is 2.16. The minimum atomic E-state index is 0.646. The number of nitrogens with zero attached hydrogens (tertiary/aromatic N) is 2. The van der Waals surface area contributed by atoms with Crippen LogP contribution in [0.3, 0.4) is 0 Å². The molecule has 2 heterocycles. The first-order chi connectivity index (χ1) is 9.15. The molecule has 94 valence electrons. The van der Waals surface area contributed by atoms with Gasteiger partial charge < -0.3 is 4.98 Å². The summed E-state index contributed by atoms with van der Waals surface area (Å²) in [5, 5.41) is 1.13. The molecule has 0 saturated carbocycles. The van der Waals surface area contributed by atoms with Crippen molar-refractivity contribution in [3.05, 3.63) is 52.6 Å². The molecule has 3 nitrogen and oxygen atoms in total. The van der Waals surface area contributed by atoms with Crippen molar-refractivity contribution in [3.63, 3.8) is 0 Å². The lowest BCUT2D eigenvalue weighted by molar-refractivity contribution is 1.02. The molecule has 1 aromatic carbocycles. The van der Waals surface area contributed by atoms with Gasteiger partial charge in [-0.15, -0.1) is 0 Å². The van der Waals surface area contributed by atoms with Crippen molar-refractivity contribution in [1.29, 1.82) is 0 Å². The summed E-state index contributed by atoms with van der Waals surface area (Å²) in [4.78, 5) is 11.9. The zero-order valence-electron chi connectivity index (χ0n) is 10.8. The molecule has 0 atom stereocenters. The molecule has 0 aliphatic rings. The summed E-state index contributed by atoms with van der Waals surface area (Å²) >= 11 is 5.28. The molecule has 3 aromatic rings. The number of pyridine rings is 1. The summed E-state index contributed by atoms with van der Waals surface area (Å²) < 4.78 is 0.646. The van der Waals surface area contributed by atoms with E-state index in [9.17, 15) is 0 Å². The van der Waals surface area contributed by atoms with Crippen LogP contribution in [0, 0.1) is 18.5 Å². The van der Waals surface area contributed by atoms with Crippen LogP contribution in [-0.2, 0) is 0 Å². The van der Waals surface area contributed by atoms with Crippen LogP contribution in [0.25, 0.3) is 22.2 Å². The summed E-state index contributed by atoms with van der Waals surface area (Å²) in [6, 6.07) is 10.2. The predicted molar refractivity (Wildman–Crippen MR) is 79.6 cm³/mol. The zero-order valence-corrected chi connectivity index (χ0v) is 11.6. The molecule has 0 radical (unpaired) electrons. The van der Waals surface area contributed by atoms with Crippen LogP contribution in [0.2, 0.25) is 0 Å². The quantitative estimate of drug-likeness (QED) is 0.678. The average Bonchev–Trinajstić information content (AvgIpc) is 2.42. The average molecular weight is 267 g/mol. The van der Waals surface area contributed by atoms with Crippen LogP contribution in [0.15, 0.2) is 36.5 Å².